The molecule has 3 aromatic carbocycles. The highest BCUT2D eigenvalue weighted by Crippen LogP contribution is 2.48. The number of carbonyl (C=O) groups is 1. The van der Waals surface area contributed by atoms with E-state index >= 15 is 0 Å². The maximum atomic E-state index is 13.6. The number of carbonyl (C=O) groups excluding carboxylic acids is 1. The highest BCUT2D eigenvalue weighted by atomic mass is 32.2. The van der Waals surface area contributed by atoms with E-state index in [0.717, 1.165) is 37.6 Å². The van der Waals surface area contributed by atoms with E-state index in [9.17, 15) is 4.79 Å². The molecule has 0 radical (unpaired) electrons. The normalized spacial score (nSPS) is 13.5. The molecule has 1 aliphatic heterocycles. The lowest BCUT2D eigenvalue weighted by Gasteiger charge is -2.32. The van der Waals surface area contributed by atoms with Gasteiger partial charge in [0.25, 0.3) is 11.1 Å². The zero-order chi connectivity index (χ0) is 22.4. The second-order valence-corrected chi connectivity index (χ2v) is 9.97. The Balaban J connectivity index is 1.28. The van der Waals surface area contributed by atoms with Gasteiger partial charge in [0, 0.05) is 26.9 Å². The minimum atomic E-state index is -0.425. The van der Waals surface area contributed by atoms with E-state index in [1.165, 1.54) is 11.8 Å². The zero-order valence-electron chi connectivity index (χ0n) is 17.6. The fraction of sp³-hybridized carbons (Fsp3) is 0.0800. The molecule has 162 valence electrons. The number of hydrogen-bond donors (Lipinski definition) is 1. The summed E-state index contributed by atoms with van der Waals surface area (Å²) in [4.78, 5) is 20.8. The number of benzene rings is 3. The van der Waals surface area contributed by atoms with E-state index in [4.69, 9.17) is 4.42 Å². The molecule has 6 rings (SSSR count). The van der Waals surface area contributed by atoms with E-state index in [1.807, 2.05) is 85.9 Å². The predicted molar refractivity (Wildman–Crippen MR) is 131 cm³/mol. The number of nitrogens with one attached hydrogen (secondary N) is 1. The van der Waals surface area contributed by atoms with Crippen LogP contribution >= 0.6 is 23.5 Å². The van der Waals surface area contributed by atoms with Crippen molar-refractivity contribution in [3.05, 3.63) is 79.0 Å². The lowest BCUT2D eigenvalue weighted by atomic mass is 10.2. The van der Waals surface area contributed by atoms with Crippen molar-refractivity contribution in [3.63, 3.8) is 0 Å². The number of nitrogens with zero attached hydrogens (tertiary/aromatic N) is 3. The minimum Gasteiger partial charge on any atom is -0.411 e. The lowest BCUT2D eigenvalue weighted by molar-refractivity contribution is -0.117. The van der Waals surface area contributed by atoms with Crippen molar-refractivity contribution >= 4 is 51.7 Å². The van der Waals surface area contributed by atoms with Crippen molar-refractivity contribution in [2.24, 2.45) is 0 Å². The second-order valence-electron chi connectivity index (χ2n) is 7.59. The number of anilines is 2. The first kappa shape index (κ1) is 20.1. The molecule has 1 atom stereocenters. The maximum absolute atomic E-state index is 13.6. The Morgan fingerprint density at radius 2 is 1.64 bits per heavy atom. The number of hydrogen-bond acceptors (Lipinski definition) is 6. The quantitative estimate of drug-likeness (QED) is 0.301. The number of aromatic nitrogens is 3. The maximum Gasteiger partial charge on any atom is 0.277 e. The van der Waals surface area contributed by atoms with Gasteiger partial charge in [0.05, 0.1) is 22.2 Å². The Bertz CT molecular complexity index is 1450. The molecule has 8 heteroatoms. The van der Waals surface area contributed by atoms with Gasteiger partial charge < -0.3 is 9.40 Å². The highest BCUT2D eigenvalue weighted by molar-refractivity contribution is 8.00. The van der Waals surface area contributed by atoms with E-state index in [-0.39, 0.29) is 5.91 Å². The van der Waals surface area contributed by atoms with E-state index in [1.54, 1.807) is 16.7 Å². The third kappa shape index (κ3) is 3.51. The van der Waals surface area contributed by atoms with Crippen LogP contribution < -0.4 is 4.90 Å². The standard InChI is InChI=1S/C25H18N4O2S2/c1-15(32-25-28-27-23(31-25)17-14-26-18-9-3-2-8-16(17)18)24(30)29-19-10-4-6-12-21(19)33-22-13-7-5-11-20(22)29/h2-15,26H,1H3/t15-/m0/s1. The molecule has 33 heavy (non-hydrogen) atoms. The van der Waals surface area contributed by atoms with Crippen LogP contribution in [0.3, 0.4) is 0 Å². The molecule has 3 heterocycles. The van der Waals surface area contributed by atoms with Crippen LogP contribution in [0, 0.1) is 0 Å². The Hall–Kier alpha value is -3.49. The molecule has 1 N–H and O–H groups in total. The van der Waals surface area contributed by atoms with Gasteiger partial charge >= 0.3 is 0 Å². The molecule has 0 aliphatic carbocycles. The molecule has 0 unspecified atom stereocenters. The van der Waals surface area contributed by atoms with Gasteiger partial charge in [0.2, 0.25) is 5.91 Å². The summed E-state index contributed by atoms with van der Waals surface area (Å²) in [6.45, 7) is 1.87. The monoisotopic (exact) mass is 470 g/mol. The molecular formula is C25H18N4O2S2. The predicted octanol–water partition coefficient (Wildman–Crippen LogP) is 6.53. The van der Waals surface area contributed by atoms with Crippen LogP contribution in [0.2, 0.25) is 0 Å². The summed E-state index contributed by atoms with van der Waals surface area (Å²) in [5.41, 5.74) is 3.64. The Morgan fingerprint density at radius 3 is 2.39 bits per heavy atom. The summed E-state index contributed by atoms with van der Waals surface area (Å²) in [5.74, 6) is 0.395. The van der Waals surface area contributed by atoms with Gasteiger partial charge in [0.15, 0.2) is 0 Å². The van der Waals surface area contributed by atoms with Gasteiger partial charge in [-0.15, -0.1) is 10.2 Å². The number of aromatic amines is 1. The summed E-state index contributed by atoms with van der Waals surface area (Å²) in [6, 6.07) is 23.9. The fourth-order valence-corrected chi connectivity index (χ4v) is 5.72. The van der Waals surface area contributed by atoms with Crippen LogP contribution in [-0.2, 0) is 4.79 Å². The van der Waals surface area contributed by atoms with Gasteiger partial charge in [0.1, 0.15) is 0 Å². The Labute approximate surface area is 198 Å². The average molecular weight is 471 g/mol. The molecule has 1 aliphatic rings. The number of thioether (sulfide) groups is 1. The fourth-order valence-electron chi connectivity index (χ4n) is 3.94. The minimum absolute atomic E-state index is 0.0351. The second kappa shape index (κ2) is 8.13. The molecule has 6 nitrogen and oxygen atoms in total. The van der Waals surface area contributed by atoms with Crippen LogP contribution in [-0.4, -0.2) is 26.3 Å². The smallest absolute Gasteiger partial charge is 0.277 e. The van der Waals surface area contributed by atoms with Gasteiger partial charge in [-0.2, -0.15) is 0 Å². The molecule has 0 spiro atoms. The number of amides is 1. The van der Waals surface area contributed by atoms with Crippen LogP contribution in [0.15, 0.2) is 98.4 Å². The number of fused-ring (bicyclic) bond motifs is 3. The molecule has 0 fully saturated rings. The average Bonchev–Trinajstić information content (AvgIpc) is 3.49. The third-order valence-corrected chi connectivity index (χ3v) is 7.56. The van der Waals surface area contributed by atoms with Gasteiger partial charge in [-0.05, 0) is 37.3 Å². The first-order chi connectivity index (χ1) is 16.2. The summed E-state index contributed by atoms with van der Waals surface area (Å²) < 4.78 is 5.93. The summed E-state index contributed by atoms with van der Waals surface area (Å²) in [5, 5.41) is 9.37. The van der Waals surface area contributed by atoms with E-state index in [0.29, 0.717) is 11.1 Å². The topological polar surface area (TPSA) is 75.0 Å². The van der Waals surface area contributed by atoms with Crippen molar-refractivity contribution in [1.82, 2.24) is 15.2 Å². The van der Waals surface area contributed by atoms with Gasteiger partial charge in [-0.1, -0.05) is 66.0 Å². The molecule has 2 aromatic heterocycles. The number of H-pyrrole nitrogens is 1. The van der Waals surface area contributed by atoms with Crippen LogP contribution in [0.25, 0.3) is 22.4 Å². The third-order valence-electron chi connectivity index (χ3n) is 5.50. The van der Waals surface area contributed by atoms with Crippen LogP contribution in [0.4, 0.5) is 11.4 Å². The molecule has 5 aromatic rings. The summed E-state index contributed by atoms with van der Waals surface area (Å²) in [6.07, 6.45) is 1.86. The molecule has 1 amide bonds. The number of para-hydroxylation sites is 3. The Kier molecular flexibility index (Phi) is 4.96. The highest BCUT2D eigenvalue weighted by Gasteiger charge is 2.32. The molecule has 0 saturated heterocycles. The number of rotatable bonds is 4. The molecular weight excluding hydrogens is 452 g/mol. The first-order valence-corrected chi connectivity index (χ1v) is 12.2. The van der Waals surface area contributed by atoms with Crippen molar-refractivity contribution in [2.45, 2.75) is 27.2 Å². The Morgan fingerprint density at radius 1 is 0.970 bits per heavy atom. The van der Waals surface area contributed by atoms with Crippen molar-refractivity contribution in [3.8, 4) is 11.5 Å². The van der Waals surface area contributed by atoms with Crippen molar-refractivity contribution in [2.75, 3.05) is 4.90 Å². The summed E-state index contributed by atoms with van der Waals surface area (Å²) >= 11 is 2.95. The van der Waals surface area contributed by atoms with Gasteiger partial charge in [-0.25, -0.2) is 0 Å². The van der Waals surface area contributed by atoms with Crippen molar-refractivity contribution in [1.29, 1.82) is 0 Å². The van der Waals surface area contributed by atoms with Crippen LogP contribution in [0.5, 0.6) is 0 Å². The van der Waals surface area contributed by atoms with Crippen molar-refractivity contribution < 1.29 is 9.21 Å². The van der Waals surface area contributed by atoms with E-state index < -0.39 is 5.25 Å². The zero-order valence-corrected chi connectivity index (χ0v) is 19.2. The SMILES string of the molecule is C[C@H](Sc1nnc(-c2c[nH]c3ccccc23)o1)C(=O)N1c2ccccc2Sc2ccccc21. The summed E-state index contributed by atoms with van der Waals surface area (Å²) in [7, 11) is 0. The van der Waals surface area contributed by atoms with Crippen LogP contribution in [0.1, 0.15) is 6.92 Å². The first-order valence-electron chi connectivity index (χ1n) is 10.5. The van der Waals surface area contributed by atoms with E-state index in [2.05, 4.69) is 15.2 Å². The molecule has 0 bridgehead atoms. The lowest BCUT2D eigenvalue weighted by Crippen LogP contribution is -2.34. The van der Waals surface area contributed by atoms with Gasteiger partial charge in [-0.3, -0.25) is 9.69 Å². The molecule has 0 saturated carbocycles. The largest absolute Gasteiger partial charge is 0.411 e.